The minimum atomic E-state index is -0.264. The van der Waals surface area contributed by atoms with Crippen molar-refractivity contribution in [3.8, 4) is 0 Å². The van der Waals surface area contributed by atoms with Gasteiger partial charge in [0.1, 0.15) is 6.23 Å². The molecule has 0 saturated carbocycles. The largest absolute Gasteiger partial charge is 0.378 e. The van der Waals surface area contributed by atoms with E-state index in [0.29, 0.717) is 5.37 Å². The minimum Gasteiger partial charge on any atom is -0.378 e. The van der Waals surface area contributed by atoms with Gasteiger partial charge in [0, 0.05) is 5.75 Å². The topological polar surface area (TPSA) is 32.3 Å². The molecule has 2 unspecified atom stereocenters. The SMILES string of the molecule is CC1NC(O)CS1. The van der Waals surface area contributed by atoms with E-state index in [1.807, 2.05) is 6.92 Å². The molecule has 0 bridgehead atoms. The molecule has 0 aromatic rings. The van der Waals surface area contributed by atoms with Gasteiger partial charge in [0.2, 0.25) is 0 Å². The molecule has 42 valence electrons. The molecule has 2 N–H and O–H groups in total. The first-order chi connectivity index (χ1) is 3.29. The van der Waals surface area contributed by atoms with Crippen molar-refractivity contribution in [3.63, 3.8) is 0 Å². The molecule has 2 atom stereocenters. The molecule has 1 fully saturated rings. The minimum absolute atomic E-state index is 0.264. The Morgan fingerprint density at radius 2 is 2.57 bits per heavy atom. The van der Waals surface area contributed by atoms with Crippen LogP contribution in [0.15, 0.2) is 0 Å². The predicted octanol–water partition coefficient (Wildman–Crippen LogP) is -0.0128. The lowest BCUT2D eigenvalue weighted by atomic mass is 10.6. The maximum Gasteiger partial charge on any atom is 0.114 e. The van der Waals surface area contributed by atoms with Crippen LogP contribution in [0.5, 0.6) is 0 Å². The van der Waals surface area contributed by atoms with Gasteiger partial charge in [0.05, 0.1) is 5.37 Å². The van der Waals surface area contributed by atoms with Gasteiger partial charge in [-0.3, -0.25) is 5.32 Å². The van der Waals surface area contributed by atoms with Crippen molar-refractivity contribution in [1.29, 1.82) is 0 Å². The van der Waals surface area contributed by atoms with E-state index in [2.05, 4.69) is 5.32 Å². The molecule has 1 heterocycles. The molecule has 0 aromatic carbocycles. The van der Waals surface area contributed by atoms with E-state index in [-0.39, 0.29) is 6.23 Å². The summed E-state index contributed by atoms with van der Waals surface area (Å²) >= 11 is 1.74. The molecule has 0 amide bonds. The Morgan fingerprint density at radius 3 is 2.71 bits per heavy atom. The molecule has 3 heteroatoms. The third kappa shape index (κ3) is 1.33. The number of hydrogen-bond acceptors (Lipinski definition) is 3. The summed E-state index contributed by atoms with van der Waals surface area (Å²) in [5, 5.41) is 12.1. The van der Waals surface area contributed by atoms with Crippen LogP contribution in [-0.2, 0) is 0 Å². The van der Waals surface area contributed by atoms with Crippen LogP contribution in [0.4, 0.5) is 0 Å². The highest BCUT2D eigenvalue weighted by Gasteiger charge is 2.16. The number of aliphatic hydroxyl groups excluding tert-OH is 1. The summed E-state index contributed by atoms with van der Waals surface area (Å²) < 4.78 is 0. The van der Waals surface area contributed by atoms with Gasteiger partial charge in [-0.15, -0.1) is 11.8 Å². The average molecular weight is 119 g/mol. The van der Waals surface area contributed by atoms with Gasteiger partial charge in [-0.25, -0.2) is 0 Å². The quantitative estimate of drug-likeness (QED) is 0.470. The van der Waals surface area contributed by atoms with Crippen LogP contribution < -0.4 is 5.32 Å². The molecule has 1 aliphatic heterocycles. The zero-order valence-corrected chi connectivity index (χ0v) is 5.03. The second-order valence-corrected chi connectivity index (χ2v) is 3.03. The van der Waals surface area contributed by atoms with Crippen molar-refractivity contribution >= 4 is 11.8 Å². The number of aliphatic hydroxyl groups is 1. The summed E-state index contributed by atoms with van der Waals surface area (Å²) in [6.07, 6.45) is -0.264. The Hall–Kier alpha value is 0.270. The molecule has 0 aliphatic carbocycles. The molecule has 1 saturated heterocycles. The van der Waals surface area contributed by atoms with Crippen molar-refractivity contribution < 1.29 is 5.11 Å². The highest BCUT2D eigenvalue weighted by molar-refractivity contribution is 8.00. The Kier molecular flexibility index (Phi) is 1.57. The summed E-state index contributed by atoms with van der Waals surface area (Å²) in [6.45, 7) is 2.04. The molecule has 0 aromatic heterocycles. The van der Waals surface area contributed by atoms with Gasteiger partial charge in [0.15, 0.2) is 0 Å². The third-order valence-corrected chi connectivity index (χ3v) is 2.08. The first-order valence-electron chi connectivity index (χ1n) is 2.35. The third-order valence-electron chi connectivity index (χ3n) is 0.931. The van der Waals surface area contributed by atoms with Gasteiger partial charge >= 0.3 is 0 Å². The van der Waals surface area contributed by atoms with E-state index in [0.717, 1.165) is 5.75 Å². The van der Waals surface area contributed by atoms with E-state index in [4.69, 9.17) is 5.11 Å². The fourth-order valence-corrected chi connectivity index (χ4v) is 1.42. The van der Waals surface area contributed by atoms with Crippen LogP contribution in [0.1, 0.15) is 6.92 Å². The molecule has 1 rings (SSSR count). The van der Waals surface area contributed by atoms with Crippen molar-refractivity contribution in [2.24, 2.45) is 0 Å². The maximum absolute atomic E-state index is 8.77. The average Bonchev–Trinajstić information content (AvgIpc) is 1.87. The second kappa shape index (κ2) is 2.03. The Morgan fingerprint density at radius 1 is 1.86 bits per heavy atom. The lowest BCUT2D eigenvalue weighted by molar-refractivity contribution is 0.169. The predicted molar refractivity (Wildman–Crippen MR) is 31.1 cm³/mol. The number of thioether (sulfide) groups is 1. The van der Waals surface area contributed by atoms with Gasteiger partial charge < -0.3 is 5.11 Å². The van der Waals surface area contributed by atoms with Crippen molar-refractivity contribution in [3.05, 3.63) is 0 Å². The number of hydrogen-bond donors (Lipinski definition) is 2. The summed E-state index contributed by atoms with van der Waals surface area (Å²) in [5.74, 6) is 0.834. The van der Waals surface area contributed by atoms with E-state index in [9.17, 15) is 0 Å². The highest BCUT2D eigenvalue weighted by Crippen LogP contribution is 2.15. The smallest absolute Gasteiger partial charge is 0.114 e. The summed E-state index contributed by atoms with van der Waals surface area (Å²) in [4.78, 5) is 0. The van der Waals surface area contributed by atoms with E-state index in [1.54, 1.807) is 11.8 Å². The lowest BCUT2D eigenvalue weighted by Gasteiger charge is -1.99. The van der Waals surface area contributed by atoms with Crippen molar-refractivity contribution in [2.75, 3.05) is 5.75 Å². The van der Waals surface area contributed by atoms with E-state index < -0.39 is 0 Å². The van der Waals surface area contributed by atoms with Gasteiger partial charge in [-0.05, 0) is 6.92 Å². The Labute approximate surface area is 47.3 Å². The summed E-state index contributed by atoms with van der Waals surface area (Å²) in [7, 11) is 0. The molecule has 0 spiro atoms. The van der Waals surface area contributed by atoms with Crippen LogP contribution in [0, 0.1) is 0 Å². The Bertz CT molecular complexity index is 60.7. The van der Waals surface area contributed by atoms with Gasteiger partial charge in [0.25, 0.3) is 0 Å². The molecular weight excluding hydrogens is 110 g/mol. The summed E-state index contributed by atoms with van der Waals surface area (Å²) in [6, 6.07) is 0. The fraction of sp³-hybridized carbons (Fsp3) is 1.00. The maximum atomic E-state index is 8.77. The molecular formula is C4H9NOS. The summed E-state index contributed by atoms with van der Waals surface area (Å²) in [5.41, 5.74) is 0. The van der Waals surface area contributed by atoms with Crippen LogP contribution in [0.2, 0.25) is 0 Å². The second-order valence-electron chi connectivity index (χ2n) is 1.66. The zero-order valence-electron chi connectivity index (χ0n) is 4.22. The van der Waals surface area contributed by atoms with Gasteiger partial charge in [-0.2, -0.15) is 0 Å². The monoisotopic (exact) mass is 119 g/mol. The van der Waals surface area contributed by atoms with Gasteiger partial charge in [-0.1, -0.05) is 0 Å². The molecule has 2 nitrogen and oxygen atoms in total. The Balaban J connectivity index is 2.26. The van der Waals surface area contributed by atoms with Crippen LogP contribution in [0.25, 0.3) is 0 Å². The first-order valence-corrected chi connectivity index (χ1v) is 3.39. The fourth-order valence-electron chi connectivity index (χ4n) is 0.603. The van der Waals surface area contributed by atoms with E-state index >= 15 is 0 Å². The van der Waals surface area contributed by atoms with Crippen LogP contribution in [0.3, 0.4) is 0 Å². The number of rotatable bonds is 0. The first kappa shape index (κ1) is 5.41. The standard InChI is InChI=1S/C4H9NOS/c1-3-5-4(6)2-7-3/h3-6H,2H2,1H3. The van der Waals surface area contributed by atoms with Crippen molar-refractivity contribution in [1.82, 2.24) is 5.32 Å². The highest BCUT2D eigenvalue weighted by atomic mass is 32.2. The molecule has 1 aliphatic rings. The normalized spacial score (nSPS) is 42.0. The van der Waals surface area contributed by atoms with Crippen molar-refractivity contribution in [2.45, 2.75) is 18.5 Å². The molecule has 0 radical (unpaired) electrons. The van der Waals surface area contributed by atoms with Crippen LogP contribution >= 0.6 is 11.8 Å². The lowest BCUT2D eigenvalue weighted by Crippen LogP contribution is -2.27. The van der Waals surface area contributed by atoms with E-state index in [1.165, 1.54) is 0 Å². The number of nitrogens with one attached hydrogen (secondary N) is 1. The van der Waals surface area contributed by atoms with Crippen LogP contribution in [-0.4, -0.2) is 22.5 Å². The molecule has 7 heavy (non-hydrogen) atoms. The zero-order chi connectivity index (χ0) is 5.28.